The summed E-state index contributed by atoms with van der Waals surface area (Å²) in [6.45, 7) is 9.37. The molecule has 0 fully saturated rings. The number of carboxylic acids is 1. The van der Waals surface area contributed by atoms with E-state index in [1.54, 1.807) is 23.9 Å². The van der Waals surface area contributed by atoms with Gasteiger partial charge < -0.3 is 5.11 Å². The molecular formula is C23H26O2S. The zero-order valence-corrected chi connectivity index (χ0v) is 16.7. The Balaban J connectivity index is 1.78. The molecule has 136 valence electrons. The summed E-state index contributed by atoms with van der Waals surface area (Å²) < 4.78 is 0. The number of hydrogen-bond donors (Lipinski definition) is 1. The maximum atomic E-state index is 10.9. The van der Waals surface area contributed by atoms with Crippen LogP contribution >= 0.6 is 11.8 Å². The van der Waals surface area contributed by atoms with Crippen molar-refractivity contribution >= 4 is 23.8 Å². The van der Waals surface area contributed by atoms with Gasteiger partial charge in [-0.3, -0.25) is 0 Å². The van der Waals surface area contributed by atoms with Crippen LogP contribution in [-0.4, -0.2) is 11.1 Å². The SMILES string of the molecule is CC1(C)CCC(C)(C)c2cc(S/C=C/c3ccc(C(=O)O)cc3)ccc21. The second-order valence-corrected chi connectivity index (χ2v) is 9.30. The van der Waals surface area contributed by atoms with E-state index in [1.807, 2.05) is 18.2 Å². The highest BCUT2D eigenvalue weighted by Crippen LogP contribution is 2.46. The summed E-state index contributed by atoms with van der Waals surface area (Å²) in [4.78, 5) is 12.1. The van der Waals surface area contributed by atoms with Crippen molar-refractivity contribution in [2.45, 2.75) is 56.3 Å². The minimum absolute atomic E-state index is 0.220. The van der Waals surface area contributed by atoms with E-state index >= 15 is 0 Å². The zero-order chi connectivity index (χ0) is 18.9. The Bertz CT molecular complexity index is 845. The van der Waals surface area contributed by atoms with Gasteiger partial charge in [0.05, 0.1) is 5.56 Å². The van der Waals surface area contributed by atoms with Gasteiger partial charge >= 0.3 is 5.97 Å². The lowest BCUT2D eigenvalue weighted by atomic mass is 9.63. The van der Waals surface area contributed by atoms with Crippen LogP contribution in [0.2, 0.25) is 0 Å². The van der Waals surface area contributed by atoms with Gasteiger partial charge in [0.25, 0.3) is 0 Å². The molecule has 0 aliphatic heterocycles. The summed E-state index contributed by atoms with van der Waals surface area (Å²) >= 11 is 1.70. The third kappa shape index (κ3) is 3.88. The molecule has 3 heteroatoms. The van der Waals surface area contributed by atoms with Gasteiger partial charge in [0.15, 0.2) is 0 Å². The standard InChI is InChI=1S/C23H26O2S/c1-22(2)12-13-23(3,4)20-15-18(9-10-19(20)22)26-14-11-16-5-7-17(8-6-16)21(24)25/h5-11,14-15H,12-13H2,1-4H3,(H,24,25)/b14-11+. The zero-order valence-electron chi connectivity index (χ0n) is 15.9. The molecule has 0 bridgehead atoms. The van der Waals surface area contributed by atoms with Crippen LogP contribution in [0.1, 0.15) is 67.6 Å². The van der Waals surface area contributed by atoms with Crippen molar-refractivity contribution in [3.63, 3.8) is 0 Å². The number of carbonyl (C=O) groups is 1. The van der Waals surface area contributed by atoms with Crippen molar-refractivity contribution in [1.82, 2.24) is 0 Å². The number of hydrogen-bond acceptors (Lipinski definition) is 2. The smallest absolute Gasteiger partial charge is 0.335 e. The average molecular weight is 367 g/mol. The second-order valence-electron chi connectivity index (χ2n) is 8.32. The summed E-state index contributed by atoms with van der Waals surface area (Å²) in [6, 6.07) is 13.8. The number of benzene rings is 2. The fourth-order valence-electron chi connectivity index (χ4n) is 3.57. The van der Waals surface area contributed by atoms with Crippen LogP contribution < -0.4 is 0 Å². The minimum Gasteiger partial charge on any atom is -0.478 e. The van der Waals surface area contributed by atoms with Gasteiger partial charge in [-0.2, -0.15) is 0 Å². The Morgan fingerprint density at radius 1 is 0.962 bits per heavy atom. The quantitative estimate of drug-likeness (QED) is 0.628. The largest absolute Gasteiger partial charge is 0.478 e. The van der Waals surface area contributed by atoms with E-state index in [0.717, 1.165) is 5.56 Å². The molecule has 26 heavy (non-hydrogen) atoms. The van der Waals surface area contributed by atoms with Crippen LogP contribution in [-0.2, 0) is 10.8 Å². The van der Waals surface area contributed by atoms with E-state index in [0.29, 0.717) is 5.56 Å². The maximum absolute atomic E-state index is 10.9. The molecular weight excluding hydrogens is 340 g/mol. The van der Waals surface area contributed by atoms with Gasteiger partial charge in [-0.1, -0.05) is 57.7 Å². The minimum atomic E-state index is -0.894. The van der Waals surface area contributed by atoms with Crippen molar-refractivity contribution < 1.29 is 9.90 Å². The first kappa shape index (κ1) is 18.8. The summed E-state index contributed by atoms with van der Waals surface area (Å²) in [7, 11) is 0. The molecule has 1 N–H and O–H groups in total. The molecule has 0 saturated heterocycles. The summed E-state index contributed by atoms with van der Waals surface area (Å²) in [5.74, 6) is -0.894. The number of carboxylic acid groups (broad SMARTS) is 1. The Labute approximate surface area is 160 Å². The molecule has 2 nitrogen and oxygen atoms in total. The highest BCUT2D eigenvalue weighted by molar-refractivity contribution is 8.02. The topological polar surface area (TPSA) is 37.3 Å². The first-order valence-electron chi connectivity index (χ1n) is 9.01. The predicted molar refractivity (Wildman–Crippen MR) is 110 cm³/mol. The van der Waals surface area contributed by atoms with Crippen LogP contribution in [0.3, 0.4) is 0 Å². The number of fused-ring (bicyclic) bond motifs is 1. The van der Waals surface area contributed by atoms with Crippen LogP contribution in [0.5, 0.6) is 0 Å². The molecule has 2 aromatic rings. The number of thioether (sulfide) groups is 1. The van der Waals surface area contributed by atoms with Gasteiger partial charge in [-0.15, -0.1) is 0 Å². The van der Waals surface area contributed by atoms with Gasteiger partial charge in [0.1, 0.15) is 0 Å². The van der Waals surface area contributed by atoms with E-state index in [1.165, 1.54) is 28.9 Å². The van der Waals surface area contributed by atoms with E-state index in [-0.39, 0.29) is 10.8 Å². The lowest BCUT2D eigenvalue weighted by Gasteiger charge is -2.42. The van der Waals surface area contributed by atoms with E-state index in [4.69, 9.17) is 5.11 Å². The highest BCUT2D eigenvalue weighted by atomic mass is 32.2. The maximum Gasteiger partial charge on any atom is 0.335 e. The third-order valence-electron chi connectivity index (χ3n) is 5.45. The lowest BCUT2D eigenvalue weighted by molar-refractivity contribution is 0.0697. The normalized spacial score (nSPS) is 17.8. The van der Waals surface area contributed by atoms with Crippen molar-refractivity contribution in [2.75, 3.05) is 0 Å². The fourth-order valence-corrected chi connectivity index (χ4v) is 4.28. The molecule has 0 aromatic heterocycles. The molecule has 0 radical (unpaired) electrons. The molecule has 0 amide bonds. The molecule has 3 rings (SSSR count). The monoisotopic (exact) mass is 366 g/mol. The predicted octanol–water partition coefficient (Wildman–Crippen LogP) is 6.50. The van der Waals surface area contributed by atoms with Gasteiger partial charge in [-0.25, -0.2) is 4.79 Å². The fraction of sp³-hybridized carbons (Fsp3) is 0.348. The van der Waals surface area contributed by atoms with Crippen molar-refractivity contribution in [2.24, 2.45) is 0 Å². The number of aromatic carboxylic acids is 1. The first-order chi connectivity index (χ1) is 12.2. The van der Waals surface area contributed by atoms with E-state index in [2.05, 4.69) is 51.3 Å². The molecule has 1 aliphatic rings. The van der Waals surface area contributed by atoms with Crippen LogP contribution in [0.4, 0.5) is 0 Å². The van der Waals surface area contributed by atoms with Crippen molar-refractivity contribution in [3.05, 3.63) is 70.1 Å². The number of rotatable bonds is 4. The van der Waals surface area contributed by atoms with Crippen molar-refractivity contribution in [3.8, 4) is 0 Å². The van der Waals surface area contributed by atoms with E-state index in [9.17, 15) is 4.79 Å². The van der Waals surface area contributed by atoms with E-state index < -0.39 is 5.97 Å². The average Bonchev–Trinajstić information content (AvgIpc) is 2.59. The molecule has 1 aliphatic carbocycles. The van der Waals surface area contributed by atoms with Gasteiger partial charge in [-0.05, 0) is 76.1 Å². The first-order valence-corrected chi connectivity index (χ1v) is 9.89. The highest BCUT2D eigenvalue weighted by Gasteiger charge is 2.36. The molecule has 0 atom stereocenters. The summed E-state index contributed by atoms with van der Waals surface area (Å²) in [6.07, 6.45) is 4.46. The van der Waals surface area contributed by atoms with Gasteiger partial charge in [0.2, 0.25) is 0 Å². The molecule has 2 aromatic carbocycles. The Hall–Kier alpha value is -2.00. The van der Waals surface area contributed by atoms with Crippen molar-refractivity contribution in [1.29, 1.82) is 0 Å². The second kappa shape index (κ2) is 6.96. The Morgan fingerprint density at radius 3 is 2.19 bits per heavy atom. The van der Waals surface area contributed by atoms with Crippen LogP contribution in [0.25, 0.3) is 6.08 Å². The Morgan fingerprint density at radius 2 is 1.58 bits per heavy atom. The van der Waals surface area contributed by atoms with Gasteiger partial charge in [0, 0.05) is 4.90 Å². The molecule has 0 saturated carbocycles. The van der Waals surface area contributed by atoms with Crippen LogP contribution in [0, 0.1) is 0 Å². The molecule has 0 heterocycles. The summed E-state index contributed by atoms with van der Waals surface area (Å²) in [5.41, 5.74) is 4.73. The summed E-state index contributed by atoms with van der Waals surface area (Å²) in [5, 5.41) is 11.0. The van der Waals surface area contributed by atoms with Crippen LogP contribution in [0.15, 0.2) is 52.8 Å². The third-order valence-corrected chi connectivity index (χ3v) is 6.24. The molecule has 0 unspecified atom stereocenters. The molecule has 0 spiro atoms. The Kier molecular flexibility index (Phi) is 5.03. The lowest BCUT2D eigenvalue weighted by Crippen LogP contribution is -2.33.